The molecule has 0 amide bonds. The van der Waals surface area contributed by atoms with Crippen molar-refractivity contribution in [2.45, 2.75) is 30.7 Å². The number of hydrogen-bond acceptors (Lipinski definition) is 10. The zero-order valence-corrected chi connectivity index (χ0v) is 14.9. The first-order valence-corrected chi connectivity index (χ1v) is 7.89. The molecule has 1 unspecified atom stereocenters. The van der Waals surface area contributed by atoms with Gasteiger partial charge in [0.1, 0.15) is 12.7 Å². The van der Waals surface area contributed by atoms with Crippen LogP contribution in [-0.4, -0.2) is 66.3 Å². The highest BCUT2D eigenvalue weighted by Gasteiger charge is 2.51. The molecule has 1 fully saturated rings. The third-order valence-electron chi connectivity index (χ3n) is 3.41. The Morgan fingerprint density at radius 1 is 0.786 bits per heavy atom. The van der Waals surface area contributed by atoms with E-state index >= 15 is 0 Å². The topological polar surface area (TPSA) is 135 Å². The average Bonchev–Trinajstić information content (AvgIpc) is 2.70. The van der Waals surface area contributed by atoms with E-state index in [9.17, 15) is 24.3 Å². The highest BCUT2D eigenvalue weighted by molar-refractivity contribution is 5.83. The molecule has 10 nitrogen and oxygen atoms in total. The molecule has 0 radical (unpaired) electrons. The maximum absolute atomic E-state index is 11.7. The van der Waals surface area contributed by atoms with Gasteiger partial charge >= 0.3 is 23.9 Å². The fourth-order valence-corrected chi connectivity index (χ4v) is 2.15. The Morgan fingerprint density at radius 3 is 1.75 bits per heavy atom. The van der Waals surface area contributed by atoms with Crippen LogP contribution in [0.25, 0.3) is 0 Å². The van der Waals surface area contributed by atoms with E-state index in [1.165, 1.54) is 0 Å². The summed E-state index contributed by atoms with van der Waals surface area (Å²) in [7, 11) is 0. The molecule has 0 saturated carbocycles. The van der Waals surface area contributed by atoms with Crippen molar-refractivity contribution in [2.75, 3.05) is 6.61 Å². The summed E-state index contributed by atoms with van der Waals surface area (Å²) in [6.07, 6.45) is -4.30. The number of carbonyl (C=O) groups is 4. The van der Waals surface area contributed by atoms with E-state index in [1.807, 2.05) is 0 Å². The number of hydrogen-bond donors (Lipinski definition) is 1. The first kappa shape index (κ1) is 22.8. The van der Waals surface area contributed by atoms with Gasteiger partial charge in [-0.1, -0.05) is 26.3 Å². The van der Waals surface area contributed by atoms with Gasteiger partial charge in [-0.15, -0.1) is 0 Å². The van der Waals surface area contributed by atoms with Crippen LogP contribution in [0, 0.1) is 0 Å². The third kappa shape index (κ3) is 6.18. The number of ether oxygens (including phenoxy) is 5. The van der Waals surface area contributed by atoms with Crippen molar-refractivity contribution in [2.24, 2.45) is 0 Å². The molecule has 0 aromatic carbocycles. The van der Waals surface area contributed by atoms with Gasteiger partial charge in [0.25, 0.3) is 0 Å². The zero-order valence-electron chi connectivity index (χ0n) is 14.9. The minimum Gasteiger partial charge on any atom is -0.460 e. The monoisotopic (exact) mass is 396 g/mol. The molecule has 1 heterocycles. The van der Waals surface area contributed by atoms with Crippen molar-refractivity contribution in [3.05, 3.63) is 50.6 Å². The van der Waals surface area contributed by atoms with E-state index in [1.54, 1.807) is 0 Å². The summed E-state index contributed by atoms with van der Waals surface area (Å²) in [4.78, 5) is 46.2. The van der Waals surface area contributed by atoms with Crippen LogP contribution in [0.5, 0.6) is 0 Å². The summed E-state index contributed by atoms with van der Waals surface area (Å²) in [5, 5.41) is 10.4. The molecule has 0 bridgehead atoms. The van der Waals surface area contributed by atoms with Gasteiger partial charge in [-0.25, -0.2) is 19.2 Å². The van der Waals surface area contributed by atoms with Crippen molar-refractivity contribution in [1.29, 1.82) is 0 Å². The Balaban J connectivity index is 3.21. The molecule has 1 aliphatic heterocycles. The lowest BCUT2D eigenvalue weighted by molar-refractivity contribution is -0.295. The maximum Gasteiger partial charge on any atom is 0.332 e. The molecule has 152 valence electrons. The Morgan fingerprint density at radius 2 is 1.25 bits per heavy atom. The van der Waals surface area contributed by atoms with E-state index in [4.69, 9.17) is 23.7 Å². The Labute approximate surface area is 160 Å². The van der Waals surface area contributed by atoms with Crippen LogP contribution in [0.1, 0.15) is 0 Å². The number of esters is 4. The van der Waals surface area contributed by atoms with Gasteiger partial charge in [0, 0.05) is 24.3 Å². The van der Waals surface area contributed by atoms with Gasteiger partial charge in [-0.3, -0.25) is 0 Å². The standard InChI is InChI=1S/C18H20O10/c1-5-11(19)24-9-10-16(26-12(20)6-2)17(27-13(21)7-3)15(23)18(25-10)28-14(22)8-4/h5-8,10,15-18,23H,1-4,9H2/t10-,15-,16-,17-,18?/m1/s1. The number of aliphatic hydroxyl groups is 1. The second-order valence-corrected chi connectivity index (χ2v) is 5.22. The van der Waals surface area contributed by atoms with Crippen molar-refractivity contribution in [1.82, 2.24) is 0 Å². The minimum absolute atomic E-state index is 0.503. The number of carbonyl (C=O) groups excluding carboxylic acids is 4. The van der Waals surface area contributed by atoms with E-state index < -0.39 is 61.2 Å². The van der Waals surface area contributed by atoms with Crippen molar-refractivity contribution >= 4 is 23.9 Å². The molecular weight excluding hydrogens is 376 g/mol. The van der Waals surface area contributed by atoms with E-state index in [2.05, 4.69) is 26.3 Å². The lowest BCUT2D eigenvalue weighted by Gasteiger charge is -2.42. The Kier molecular flexibility index (Phi) is 8.79. The predicted octanol–water partition coefficient (Wildman–Crippen LogP) is -0.274. The first-order chi connectivity index (χ1) is 13.3. The normalized spacial score (nSPS) is 26.1. The quantitative estimate of drug-likeness (QED) is 0.315. The number of aliphatic hydroxyl groups excluding tert-OH is 1. The third-order valence-corrected chi connectivity index (χ3v) is 3.41. The van der Waals surface area contributed by atoms with Crippen molar-refractivity contribution in [3.63, 3.8) is 0 Å². The highest BCUT2D eigenvalue weighted by Crippen LogP contribution is 2.28. The van der Waals surface area contributed by atoms with Crippen LogP contribution in [-0.2, 0) is 42.9 Å². The molecule has 1 aliphatic rings. The molecule has 1 saturated heterocycles. The summed E-state index contributed by atoms with van der Waals surface area (Å²) >= 11 is 0. The van der Waals surface area contributed by atoms with E-state index in [0.717, 1.165) is 24.3 Å². The van der Waals surface area contributed by atoms with Gasteiger partial charge in [0.05, 0.1) is 0 Å². The summed E-state index contributed by atoms with van der Waals surface area (Å²) in [5.41, 5.74) is 0. The molecule has 1 N–H and O–H groups in total. The summed E-state index contributed by atoms with van der Waals surface area (Å²) in [6.45, 7) is 12.4. The molecular formula is C18H20O10. The average molecular weight is 396 g/mol. The minimum atomic E-state index is -1.75. The fourth-order valence-electron chi connectivity index (χ4n) is 2.15. The Hall–Kier alpha value is -3.24. The SMILES string of the molecule is C=CC(=O)OC[C@H]1OC(OC(=O)C=C)[C@H](O)[C@@H](OC(=O)C=C)[C@@H]1OC(=O)C=C. The summed E-state index contributed by atoms with van der Waals surface area (Å²) < 4.78 is 25.3. The summed E-state index contributed by atoms with van der Waals surface area (Å²) in [5.74, 6) is -3.65. The highest BCUT2D eigenvalue weighted by atomic mass is 16.7. The van der Waals surface area contributed by atoms with E-state index in [-0.39, 0.29) is 0 Å². The molecule has 28 heavy (non-hydrogen) atoms. The second-order valence-electron chi connectivity index (χ2n) is 5.22. The van der Waals surface area contributed by atoms with E-state index in [0.29, 0.717) is 0 Å². The van der Waals surface area contributed by atoms with Crippen molar-refractivity contribution in [3.8, 4) is 0 Å². The van der Waals surface area contributed by atoms with Crippen LogP contribution < -0.4 is 0 Å². The lowest BCUT2D eigenvalue weighted by Crippen LogP contribution is -2.62. The van der Waals surface area contributed by atoms with Crippen LogP contribution in [0.15, 0.2) is 50.6 Å². The van der Waals surface area contributed by atoms with Gasteiger partial charge in [-0.2, -0.15) is 0 Å². The summed E-state index contributed by atoms with van der Waals surface area (Å²) in [6, 6.07) is 0. The smallest absolute Gasteiger partial charge is 0.332 e. The maximum atomic E-state index is 11.7. The largest absolute Gasteiger partial charge is 0.460 e. The molecule has 5 atom stereocenters. The fraction of sp³-hybridized carbons (Fsp3) is 0.333. The molecule has 10 heteroatoms. The molecule has 0 aromatic rings. The lowest BCUT2D eigenvalue weighted by atomic mass is 9.98. The Bertz CT molecular complexity index is 645. The van der Waals surface area contributed by atoms with Gasteiger partial charge in [-0.05, 0) is 0 Å². The zero-order chi connectivity index (χ0) is 21.3. The molecule has 0 spiro atoms. The van der Waals surface area contributed by atoms with Crippen LogP contribution >= 0.6 is 0 Å². The number of rotatable bonds is 9. The van der Waals surface area contributed by atoms with Gasteiger partial charge in [0.15, 0.2) is 18.3 Å². The van der Waals surface area contributed by atoms with Crippen LogP contribution in [0.2, 0.25) is 0 Å². The molecule has 0 aliphatic carbocycles. The predicted molar refractivity (Wildman–Crippen MR) is 92.3 cm³/mol. The van der Waals surface area contributed by atoms with Gasteiger partial charge < -0.3 is 28.8 Å². The first-order valence-electron chi connectivity index (χ1n) is 7.89. The second kappa shape index (κ2) is 10.8. The van der Waals surface area contributed by atoms with Crippen LogP contribution in [0.4, 0.5) is 0 Å². The van der Waals surface area contributed by atoms with Gasteiger partial charge in [0.2, 0.25) is 6.29 Å². The molecule has 1 rings (SSSR count). The van der Waals surface area contributed by atoms with Crippen LogP contribution in [0.3, 0.4) is 0 Å². The molecule has 0 aromatic heterocycles. The van der Waals surface area contributed by atoms with Crippen molar-refractivity contribution < 1.29 is 48.0 Å².